The van der Waals surface area contributed by atoms with Crippen LogP contribution in [0, 0.1) is 0 Å². The zero-order valence-corrected chi connectivity index (χ0v) is 13.9. The second kappa shape index (κ2) is 7.44. The van der Waals surface area contributed by atoms with E-state index in [-0.39, 0.29) is 28.5 Å². The van der Waals surface area contributed by atoms with Crippen molar-refractivity contribution in [3.63, 3.8) is 0 Å². The largest absolute Gasteiger partial charge is 0.481 e. The van der Waals surface area contributed by atoms with Gasteiger partial charge in [0.05, 0.1) is 17.7 Å². The number of ether oxygens (including phenoxy) is 1. The van der Waals surface area contributed by atoms with E-state index in [1.165, 1.54) is 43.8 Å². The minimum absolute atomic E-state index is 0.00411. The van der Waals surface area contributed by atoms with Crippen LogP contribution in [0.4, 0.5) is 11.5 Å². The molecule has 1 heterocycles. The fourth-order valence-corrected chi connectivity index (χ4v) is 2.69. The number of rotatable bonds is 5. The van der Waals surface area contributed by atoms with Gasteiger partial charge in [0, 0.05) is 6.07 Å². The number of nitrogens with zero attached hydrogens (tertiary/aromatic N) is 4. The maximum atomic E-state index is 12.4. The van der Waals surface area contributed by atoms with Crippen molar-refractivity contribution < 1.29 is 13.2 Å². The lowest BCUT2D eigenvalue weighted by molar-refractivity contribution is 0.397. The van der Waals surface area contributed by atoms with E-state index in [2.05, 4.69) is 24.7 Å². The Balaban J connectivity index is 2.21. The van der Waals surface area contributed by atoms with Crippen LogP contribution in [0.5, 0.6) is 5.88 Å². The smallest absolute Gasteiger partial charge is 0.263 e. The van der Waals surface area contributed by atoms with Crippen LogP contribution < -0.4 is 26.7 Å². The summed E-state index contributed by atoms with van der Waals surface area (Å²) in [7, 11) is -2.44. The average Bonchev–Trinajstić information content (AvgIpc) is 2.54. The first-order valence-corrected chi connectivity index (χ1v) is 8.21. The standard InChI is InChI=1S/C13H16N8O3S/c1-24-11-6-10(17-7-18-11)21-25(22,23)9-4-2-8(3-5-9)19-13(16)20-12(14)15/h2-7H,1H3,(H,17,18,21)(H6,14,15,16,19,20). The molecule has 0 aliphatic rings. The zero-order chi connectivity index (χ0) is 18.4. The first-order chi connectivity index (χ1) is 11.8. The number of nitrogens with two attached hydrogens (primary N) is 3. The summed E-state index contributed by atoms with van der Waals surface area (Å²) in [6.45, 7) is 0. The average molecular weight is 364 g/mol. The van der Waals surface area contributed by atoms with Gasteiger partial charge in [0.15, 0.2) is 5.96 Å². The van der Waals surface area contributed by atoms with Gasteiger partial charge in [0.2, 0.25) is 11.8 Å². The fraction of sp³-hybridized carbons (Fsp3) is 0.0769. The fourth-order valence-electron chi connectivity index (χ4n) is 1.69. The Hall–Kier alpha value is -3.41. The summed E-state index contributed by atoms with van der Waals surface area (Å²) in [6.07, 6.45) is 1.18. The topological polar surface area (TPSA) is 184 Å². The zero-order valence-electron chi connectivity index (χ0n) is 13.1. The minimum Gasteiger partial charge on any atom is -0.481 e. The van der Waals surface area contributed by atoms with Crippen LogP contribution in [-0.2, 0) is 10.0 Å². The number of benzene rings is 1. The third-order valence-electron chi connectivity index (χ3n) is 2.72. The number of hydrogen-bond acceptors (Lipinski definition) is 6. The van der Waals surface area contributed by atoms with Crippen molar-refractivity contribution in [2.75, 3.05) is 11.8 Å². The van der Waals surface area contributed by atoms with Crippen molar-refractivity contribution in [1.29, 1.82) is 0 Å². The molecule has 12 heteroatoms. The number of aromatic nitrogens is 2. The van der Waals surface area contributed by atoms with Crippen molar-refractivity contribution in [2.45, 2.75) is 4.90 Å². The molecule has 11 nitrogen and oxygen atoms in total. The molecule has 0 unspecified atom stereocenters. The normalized spacial score (nSPS) is 11.6. The molecule has 0 saturated heterocycles. The lowest BCUT2D eigenvalue weighted by Gasteiger charge is -2.08. The van der Waals surface area contributed by atoms with Crippen LogP contribution in [-0.4, -0.2) is 37.4 Å². The molecule has 0 spiro atoms. The number of guanidine groups is 2. The summed E-state index contributed by atoms with van der Waals surface area (Å²) in [5.41, 5.74) is 16.3. The highest BCUT2D eigenvalue weighted by Gasteiger charge is 2.15. The summed E-state index contributed by atoms with van der Waals surface area (Å²) in [5, 5.41) is 0. The number of methoxy groups -OCH3 is 1. The Morgan fingerprint density at radius 1 is 1.16 bits per heavy atom. The van der Waals surface area contributed by atoms with Crippen LogP contribution in [0.15, 0.2) is 51.5 Å². The van der Waals surface area contributed by atoms with E-state index in [1.54, 1.807) is 0 Å². The lowest BCUT2D eigenvalue weighted by Crippen LogP contribution is -2.26. The Kier molecular flexibility index (Phi) is 5.34. The highest BCUT2D eigenvalue weighted by Crippen LogP contribution is 2.20. The van der Waals surface area contributed by atoms with Gasteiger partial charge in [-0.2, -0.15) is 4.99 Å². The Bertz CT molecular complexity index is 905. The van der Waals surface area contributed by atoms with Gasteiger partial charge in [-0.1, -0.05) is 0 Å². The molecule has 0 bridgehead atoms. The molecular formula is C13H16N8O3S. The first-order valence-electron chi connectivity index (χ1n) is 6.73. The molecule has 0 saturated carbocycles. The maximum absolute atomic E-state index is 12.4. The predicted molar refractivity (Wildman–Crippen MR) is 92.9 cm³/mol. The highest BCUT2D eigenvalue weighted by molar-refractivity contribution is 7.92. The van der Waals surface area contributed by atoms with Crippen LogP contribution in [0.25, 0.3) is 0 Å². The quantitative estimate of drug-likeness (QED) is 0.404. The van der Waals surface area contributed by atoms with Crippen LogP contribution in [0.3, 0.4) is 0 Å². The van der Waals surface area contributed by atoms with Crippen LogP contribution in [0.2, 0.25) is 0 Å². The minimum atomic E-state index is -3.85. The van der Waals surface area contributed by atoms with Gasteiger partial charge in [-0.3, -0.25) is 4.72 Å². The van der Waals surface area contributed by atoms with Gasteiger partial charge in [0.1, 0.15) is 12.1 Å². The van der Waals surface area contributed by atoms with Gasteiger partial charge < -0.3 is 21.9 Å². The molecule has 0 aliphatic heterocycles. The molecule has 1 aromatic carbocycles. The van der Waals surface area contributed by atoms with Gasteiger partial charge >= 0.3 is 0 Å². The maximum Gasteiger partial charge on any atom is 0.263 e. The van der Waals surface area contributed by atoms with Crippen molar-refractivity contribution >= 4 is 33.4 Å². The molecule has 2 aromatic rings. The molecule has 0 aliphatic carbocycles. The van der Waals surface area contributed by atoms with Crippen molar-refractivity contribution in [1.82, 2.24) is 9.97 Å². The van der Waals surface area contributed by atoms with Crippen molar-refractivity contribution in [2.24, 2.45) is 27.2 Å². The summed E-state index contributed by atoms with van der Waals surface area (Å²) < 4.78 is 31.9. The van der Waals surface area contributed by atoms with E-state index in [0.29, 0.717) is 5.69 Å². The third kappa shape index (κ3) is 5.04. The molecule has 2 rings (SSSR count). The van der Waals surface area contributed by atoms with Crippen LogP contribution >= 0.6 is 0 Å². The Labute approximate surface area is 143 Å². The van der Waals surface area contributed by atoms with E-state index >= 15 is 0 Å². The van der Waals surface area contributed by atoms with Gasteiger partial charge in [-0.05, 0) is 24.3 Å². The van der Waals surface area contributed by atoms with E-state index in [0.717, 1.165) is 0 Å². The number of sulfonamides is 1. The third-order valence-corrected chi connectivity index (χ3v) is 4.10. The van der Waals surface area contributed by atoms with E-state index in [1.807, 2.05) is 0 Å². The Morgan fingerprint density at radius 2 is 1.84 bits per heavy atom. The summed E-state index contributed by atoms with van der Waals surface area (Å²) in [6, 6.07) is 6.95. The number of aliphatic imine (C=N–C) groups is 2. The van der Waals surface area contributed by atoms with E-state index in [9.17, 15) is 8.42 Å². The summed E-state index contributed by atoms with van der Waals surface area (Å²) in [4.78, 5) is 15.1. The van der Waals surface area contributed by atoms with E-state index < -0.39 is 10.0 Å². The molecule has 0 amide bonds. The number of hydrogen-bond donors (Lipinski definition) is 4. The monoisotopic (exact) mass is 364 g/mol. The second-order valence-corrected chi connectivity index (χ2v) is 6.23. The summed E-state index contributed by atoms with van der Waals surface area (Å²) in [5.74, 6) is -0.0784. The lowest BCUT2D eigenvalue weighted by atomic mass is 10.3. The van der Waals surface area contributed by atoms with Crippen molar-refractivity contribution in [3.05, 3.63) is 36.7 Å². The Morgan fingerprint density at radius 3 is 2.44 bits per heavy atom. The van der Waals surface area contributed by atoms with Crippen LogP contribution in [0.1, 0.15) is 0 Å². The number of nitrogens with one attached hydrogen (secondary N) is 1. The van der Waals surface area contributed by atoms with Gasteiger partial charge in [0.25, 0.3) is 10.0 Å². The van der Waals surface area contributed by atoms with Crippen molar-refractivity contribution in [3.8, 4) is 5.88 Å². The molecule has 25 heavy (non-hydrogen) atoms. The summed E-state index contributed by atoms with van der Waals surface area (Å²) >= 11 is 0. The molecule has 7 N–H and O–H groups in total. The molecular weight excluding hydrogens is 348 g/mol. The SMILES string of the molecule is COc1cc(NS(=O)(=O)c2ccc(N=C(N)N=C(N)N)cc2)ncn1. The number of anilines is 1. The highest BCUT2D eigenvalue weighted by atomic mass is 32.2. The second-order valence-electron chi connectivity index (χ2n) is 4.55. The molecule has 1 aromatic heterocycles. The van der Waals surface area contributed by atoms with Gasteiger partial charge in [-0.25, -0.2) is 23.4 Å². The predicted octanol–water partition coefficient (Wildman–Crippen LogP) is -0.494. The molecule has 0 fully saturated rings. The molecule has 132 valence electrons. The van der Waals surface area contributed by atoms with Gasteiger partial charge in [-0.15, -0.1) is 0 Å². The van der Waals surface area contributed by atoms with E-state index in [4.69, 9.17) is 21.9 Å². The molecule has 0 radical (unpaired) electrons. The molecule has 0 atom stereocenters. The first kappa shape index (κ1) is 17.9.